The van der Waals surface area contributed by atoms with E-state index in [-0.39, 0.29) is 18.7 Å². The number of carbonyl (C=O) groups is 1. The molecule has 1 atom stereocenters. The van der Waals surface area contributed by atoms with Crippen molar-refractivity contribution in [1.29, 1.82) is 0 Å². The van der Waals surface area contributed by atoms with Gasteiger partial charge >= 0.3 is 0 Å². The molecule has 0 aromatic heterocycles. The largest absolute Gasteiger partial charge is 0.497 e. The summed E-state index contributed by atoms with van der Waals surface area (Å²) in [5, 5.41) is 2.96. The number of nitrogens with one attached hydrogen (secondary N) is 1. The Morgan fingerprint density at radius 3 is 2.82 bits per heavy atom. The molecule has 1 aliphatic heterocycles. The van der Waals surface area contributed by atoms with Gasteiger partial charge in [-0.25, -0.2) is 0 Å². The van der Waals surface area contributed by atoms with Gasteiger partial charge in [-0.3, -0.25) is 4.79 Å². The number of amides is 1. The second kappa shape index (κ2) is 5.97. The van der Waals surface area contributed by atoms with Crippen LogP contribution in [0.1, 0.15) is 28.9 Å². The highest BCUT2D eigenvalue weighted by Crippen LogP contribution is 2.32. The van der Waals surface area contributed by atoms with Crippen molar-refractivity contribution in [3.63, 3.8) is 0 Å². The number of carbonyl (C=O) groups excluding carboxylic acids is 1. The monoisotopic (exact) mass is 299 g/mol. The number of ether oxygens (including phenoxy) is 3. The summed E-state index contributed by atoms with van der Waals surface area (Å²) in [5.41, 5.74) is 1.52. The third-order valence-electron chi connectivity index (χ3n) is 3.58. The van der Waals surface area contributed by atoms with Crippen LogP contribution in [0, 0.1) is 0 Å². The zero-order chi connectivity index (χ0) is 15.5. The molecule has 2 aromatic carbocycles. The molecule has 1 aliphatic rings. The van der Waals surface area contributed by atoms with Gasteiger partial charge in [-0.1, -0.05) is 12.1 Å². The lowest BCUT2D eigenvalue weighted by Gasteiger charge is -2.15. The van der Waals surface area contributed by atoms with Crippen LogP contribution in [0.15, 0.2) is 42.5 Å². The Morgan fingerprint density at radius 1 is 1.18 bits per heavy atom. The number of hydrogen-bond acceptors (Lipinski definition) is 4. The van der Waals surface area contributed by atoms with E-state index in [2.05, 4.69) is 5.32 Å². The minimum Gasteiger partial charge on any atom is -0.497 e. The molecule has 5 heteroatoms. The fourth-order valence-corrected chi connectivity index (χ4v) is 2.31. The van der Waals surface area contributed by atoms with Crippen LogP contribution in [0.4, 0.5) is 0 Å². The quantitative estimate of drug-likeness (QED) is 0.943. The molecular formula is C17H17NO4. The summed E-state index contributed by atoms with van der Waals surface area (Å²) in [6.45, 7) is 2.13. The molecule has 1 heterocycles. The van der Waals surface area contributed by atoms with E-state index in [0.29, 0.717) is 17.1 Å². The topological polar surface area (TPSA) is 56.8 Å². The molecule has 0 spiro atoms. The number of fused-ring (bicyclic) bond motifs is 1. The van der Waals surface area contributed by atoms with Crippen molar-refractivity contribution in [1.82, 2.24) is 5.32 Å². The molecule has 0 aliphatic carbocycles. The third kappa shape index (κ3) is 2.83. The van der Waals surface area contributed by atoms with Crippen molar-refractivity contribution in [3.8, 4) is 17.2 Å². The zero-order valence-corrected chi connectivity index (χ0v) is 12.5. The summed E-state index contributed by atoms with van der Waals surface area (Å²) >= 11 is 0. The lowest BCUT2D eigenvalue weighted by Crippen LogP contribution is -2.26. The van der Waals surface area contributed by atoms with Crippen LogP contribution in [0.5, 0.6) is 17.2 Å². The first kappa shape index (κ1) is 14.3. The maximum atomic E-state index is 12.3. The summed E-state index contributed by atoms with van der Waals surface area (Å²) in [6.07, 6.45) is 0. The van der Waals surface area contributed by atoms with Gasteiger partial charge in [-0.05, 0) is 42.8 Å². The maximum Gasteiger partial charge on any atom is 0.251 e. The van der Waals surface area contributed by atoms with Crippen molar-refractivity contribution >= 4 is 5.91 Å². The van der Waals surface area contributed by atoms with Crippen molar-refractivity contribution in [2.24, 2.45) is 0 Å². The SMILES string of the molecule is COc1cccc([C@H](C)NC(=O)c2ccc3c(c2)OCO3)c1. The minimum atomic E-state index is -0.159. The van der Waals surface area contributed by atoms with Gasteiger partial charge in [-0.15, -0.1) is 0 Å². The summed E-state index contributed by atoms with van der Waals surface area (Å²) in [7, 11) is 1.62. The summed E-state index contributed by atoms with van der Waals surface area (Å²) in [5.74, 6) is 1.87. The highest BCUT2D eigenvalue weighted by molar-refractivity contribution is 5.95. The first-order chi connectivity index (χ1) is 10.7. The molecule has 1 N–H and O–H groups in total. The maximum absolute atomic E-state index is 12.3. The Kier molecular flexibility index (Phi) is 3.87. The molecular weight excluding hydrogens is 282 g/mol. The van der Waals surface area contributed by atoms with Gasteiger partial charge in [0.05, 0.1) is 13.2 Å². The van der Waals surface area contributed by atoms with E-state index in [1.807, 2.05) is 31.2 Å². The molecule has 0 fully saturated rings. The smallest absolute Gasteiger partial charge is 0.251 e. The molecule has 22 heavy (non-hydrogen) atoms. The second-order valence-electron chi connectivity index (χ2n) is 5.04. The van der Waals surface area contributed by atoms with E-state index >= 15 is 0 Å². The molecule has 2 aromatic rings. The van der Waals surface area contributed by atoms with E-state index in [4.69, 9.17) is 14.2 Å². The van der Waals surface area contributed by atoms with Crippen molar-refractivity contribution in [3.05, 3.63) is 53.6 Å². The van der Waals surface area contributed by atoms with E-state index < -0.39 is 0 Å². The number of rotatable bonds is 4. The summed E-state index contributed by atoms with van der Waals surface area (Å²) < 4.78 is 15.7. The normalized spacial score (nSPS) is 13.5. The number of hydrogen-bond donors (Lipinski definition) is 1. The molecule has 0 saturated heterocycles. The Labute approximate surface area is 128 Å². The molecule has 0 unspecified atom stereocenters. The lowest BCUT2D eigenvalue weighted by atomic mass is 10.1. The van der Waals surface area contributed by atoms with Crippen molar-refractivity contribution < 1.29 is 19.0 Å². The van der Waals surface area contributed by atoms with Gasteiger partial charge in [0, 0.05) is 5.56 Å². The van der Waals surface area contributed by atoms with Crippen LogP contribution in [-0.4, -0.2) is 19.8 Å². The zero-order valence-electron chi connectivity index (χ0n) is 12.5. The summed E-state index contributed by atoms with van der Waals surface area (Å²) in [6, 6.07) is 12.7. The number of benzene rings is 2. The third-order valence-corrected chi connectivity index (χ3v) is 3.58. The molecule has 1 amide bonds. The highest BCUT2D eigenvalue weighted by atomic mass is 16.7. The molecule has 114 valence electrons. The standard InChI is InChI=1S/C17H17NO4/c1-11(12-4-3-5-14(8-12)20-2)18-17(19)13-6-7-15-16(9-13)22-10-21-15/h3-9,11H,10H2,1-2H3,(H,18,19)/t11-/m0/s1. The van der Waals surface area contributed by atoms with Crippen LogP contribution >= 0.6 is 0 Å². The van der Waals surface area contributed by atoms with E-state index in [1.165, 1.54) is 0 Å². The first-order valence-electron chi connectivity index (χ1n) is 7.02. The fourth-order valence-electron chi connectivity index (χ4n) is 2.31. The Hall–Kier alpha value is -2.69. The number of methoxy groups -OCH3 is 1. The fraction of sp³-hybridized carbons (Fsp3) is 0.235. The molecule has 0 radical (unpaired) electrons. The van der Waals surface area contributed by atoms with Gasteiger partial charge in [0.2, 0.25) is 6.79 Å². The van der Waals surface area contributed by atoms with E-state index in [0.717, 1.165) is 11.3 Å². The Balaban J connectivity index is 1.73. The van der Waals surface area contributed by atoms with Gasteiger partial charge in [0.25, 0.3) is 5.91 Å². The average molecular weight is 299 g/mol. The summed E-state index contributed by atoms with van der Waals surface area (Å²) in [4.78, 5) is 12.3. The Bertz CT molecular complexity index is 699. The second-order valence-corrected chi connectivity index (χ2v) is 5.04. The Morgan fingerprint density at radius 2 is 2.00 bits per heavy atom. The van der Waals surface area contributed by atoms with Gasteiger partial charge in [0.1, 0.15) is 5.75 Å². The van der Waals surface area contributed by atoms with Crippen molar-refractivity contribution in [2.75, 3.05) is 13.9 Å². The van der Waals surface area contributed by atoms with Crippen LogP contribution < -0.4 is 19.5 Å². The molecule has 0 bridgehead atoms. The predicted octanol–water partition coefficient (Wildman–Crippen LogP) is 2.91. The average Bonchev–Trinajstić information content (AvgIpc) is 3.02. The highest BCUT2D eigenvalue weighted by Gasteiger charge is 2.17. The molecule has 5 nitrogen and oxygen atoms in total. The van der Waals surface area contributed by atoms with E-state index in [1.54, 1.807) is 25.3 Å². The van der Waals surface area contributed by atoms with Gasteiger partial charge in [-0.2, -0.15) is 0 Å². The van der Waals surface area contributed by atoms with Crippen molar-refractivity contribution in [2.45, 2.75) is 13.0 Å². The van der Waals surface area contributed by atoms with Gasteiger partial charge < -0.3 is 19.5 Å². The van der Waals surface area contributed by atoms with Crippen LogP contribution in [0.3, 0.4) is 0 Å². The lowest BCUT2D eigenvalue weighted by molar-refractivity contribution is 0.0939. The predicted molar refractivity (Wildman–Crippen MR) is 81.4 cm³/mol. The van der Waals surface area contributed by atoms with Gasteiger partial charge in [0.15, 0.2) is 11.5 Å². The van der Waals surface area contributed by atoms with Crippen LogP contribution in [0.2, 0.25) is 0 Å². The first-order valence-corrected chi connectivity index (χ1v) is 7.02. The minimum absolute atomic E-state index is 0.131. The van der Waals surface area contributed by atoms with E-state index in [9.17, 15) is 4.79 Å². The molecule has 3 rings (SSSR count). The van der Waals surface area contributed by atoms with Crippen LogP contribution in [0.25, 0.3) is 0 Å². The van der Waals surface area contributed by atoms with Crippen LogP contribution in [-0.2, 0) is 0 Å². The molecule has 0 saturated carbocycles.